The van der Waals surface area contributed by atoms with Crippen LogP contribution < -0.4 is 5.69 Å². The van der Waals surface area contributed by atoms with Crippen LogP contribution in [0.2, 0.25) is 0 Å². The quantitative estimate of drug-likeness (QED) is 0.885. The van der Waals surface area contributed by atoms with E-state index < -0.39 is 5.97 Å². The first kappa shape index (κ1) is 17.3. The predicted octanol–water partition coefficient (Wildman–Crippen LogP) is 2.92. The first-order valence-corrected chi connectivity index (χ1v) is 9.70. The van der Waals surface area contributed by atoms with E-state index in [0.717, 1.165) is 68.2 Å². The lowest BCUT2D eigenvalue weighted by molar-refractivity contribution is -0.143. The highest BCUT2D eigenvalue weighted by Gasteiger charge is 2.32. The number of aryl methyl sites for hydroxylation is 1. The summed E-state index contributed by atoms with van der Waals surface area (Å²) in [7, 11) is 0. The van der Waals surface area contributed by atoms with Gasteiger partial charge in [0.1, 0.15) is 0 Å². The van der Waals surface area contributed by atoms with Crippen LogP contribution in [-0.2, 0) is 4.79 Å². The Hall–Kier alpha value is -2.08. The standard InChI is InChI=1S/C20H27N3O3/c1-13-2-7-17-18(12-13)23(20(26)21-17)16-8-10-22(11-9-16)15-5-3-14(4-6-15)19(24)25/h2,7,12,14-16H,3-6,8-11H2,1H3,(H,21,26)(H,24,25). The number of nitrogens with one attached hydrogen (secondary N) is 1. The Morgan fingerprint density at radius 3 is 2.42 bits per heavy atom. The summed E-state index contributed by atoms with van der Waals surface area (Å²) in [6, 6.07) is 6.85. The lowest BCUT2D eigenvalue weighted by Crippen LogP contribution is -2.44. The van der Waals surface area contributed by atoms with Gasteiger partial charge in [-0.25, -0.2) is 4.79 Å². The molecule has 1 aliphatic carbocycles. The zero-order chi connectivity index (χ0) is 18.3. The Kier molecular flexibility index (Phi) is 4.61. The number of aliphatic carboxylic acids is 1. The molecule has 1 aromatic heterocycles. The van der Waals surface area contributed by atoms with Crippen molar-refractivity contribution in [1.29, 1.82) is 0 Å². The van der Waals surface area contributed by atoms with Crippen molar-refractivity contribution < 1.29 is 9.90 Å². The number of hydrogen-bond acceptors (Lipinski definition) is 3. The van der Waals surface area contributed by atoms with E-state index in [9.17, 15) is 9.59 Å². The number of aromatic amines is 1. The highest BCUT2D eigenvalue weighted by Crippen LogP contribution is 2.32. The van der Waals surface area contributed by atoms with Crippen LogP contribution in [0.25, 0.3) is 11.0 Å². The number of H-pyrrole nitrogens is 1. The number of carboxylic acid groups (broad SMARTS) is 1. The Labute approximate surface area is 152 Å². The lowest BCUT2D eigenvalue weighted by atomic mass is 9.84. The van der Waals surface area contributed by atoms with Crippen molar-refractivity contribution in [2.45, 2.75) is 57.5 Å². The predicted molar refractivity (Wildman–Crippen MR) is 101 cm³/mol. The van der Waals surface area contributed by atoms with Gasteiger partial charge in [0.05, 0.1) is 17.0 Å². The number of piperidine rings is 1. The van der Waals surface area contributed by atoms with Crippen LogP contribution in [0.3, 0.4) is 0 Å². The fraction of sp³-hybridized carbons (Fsp3) is 0.600. The summed E-state index contributed by atoms with van der Waals surface area (Å²) < 4.78 is 1.95. The molecule has 2 aliphatic rings. The SMILES string of the molecule is Cc1ccc2[nH]c(=O)n(C3CCN(C4CCC(C(=O)O)CC4)CC3)c2c1. The van der Waals surface area contributed by atoms with E-state index in [0.29, 0.717) is 6.04 Å². The van der Waals surface area contributed by atoms with Gasteiger partial charge in [-0.15, -0.1) is 0 Å². The van der Waals surface area contributed by atoms with E-state index in [1.54, 1.807) is 0 Å². The normalized spacial score (nSPS) is 25.6. The van der Waals surface area contributed by atoms with Crippen molar-refractivity contribution in [3.8, 4) is 0 Å². The molecule has 1 aliphatic heterocycles. The lowest BCUT2D eigenvalue weighted by Gasteiger charge is -2.40. The zero-order valence-corrected chi connectivity index (χ0v) is 15.3. The maximum absolute atomic E-state index is 12.5. The highest BCUT2D eigenvalue weighted by molar-refractivity contribution is 5.76. The van der Waals surface area contributed by atoms with Gasteiger partial charge in [-0.1, -0.05) is 6.07 Å². The molecule has 2 N–H and O–H groups in total. The number of aromatic nitrogens is 2. The molecule has 6 nitrogen and oxygen atoms in total. The van der Waals surface area contributed by atoms with Gasteiger partial charge in [0.2, 0.25) is 0 Å². The summed E-state index contributed by atoms with van der Waals surface area (Å²) >= 11 is 0. The Bertz CT molecular complexity index is 853. The average molecular weight is 357 g/mol. The van der Waals surface area contributed by atoms with Crippen molar-refractivity contribution in [2.24, 2.45) is 5.92 Å². The van der Waals surface area contributed by atoms with E-state index in [1.807, 2.05) is 16.7 Å². The number of carboxylic acids is 1. The Morgan fingerprint density at radius 1 is 1.08 bits per heavy atom. The highest BCUT2D eigenvalue weighted by atomic mass is 16.4. The number of rotatable bonds is 3. The third kappa shape index (κ3) is 3.18. The van der Waals surface area contributed by atoms with Crippen LogP contribution in [0.15, 0.2) is 23.0 Å². The molecular weight excluding hydrogens is 330 g/mol. The molecule has 1 saturated heterocycles. The largest absolute Gasteiger partial charge is 0.481 e. The van der Waals surface area contributed by atoms with Crippen LogP contribution in [0.1, 0.15) is 50.1 Å². The van der Waals surface area contributed by atoms with Gasteiger partial charge >= 0.3 is 11.7 Å². The topological polar surface area (TPSA) is 78.3 Å². The molecule has 140 valence electrons. The van der Waals surface area contributed by atoms with Gasteiger partial charge < -0.3 is 15.0 Å². The summed E-state index contributed by atoms with van der Waals surface area (Å²) in [6.07, 6.45) is 5.49. The van der Waals surface area contributed by atoms with Crippen LogP contribution in [0.4, 0.5) is 0 Å². The molecule has 6 heteroatoms. The van der Waals surface area contributed by atoms with E-state index in [-0.39, 0.29) is 17.6 Å². The number of imidazole rings is 1. The van der Waals surface area contributed by atoms with Gasteiger partial charge in [0.15, 0.2) is 0 Å². The minimum Gasteiger partial charge on any atom is -0.481 e. The van der Waals surface area contributed by atoms with Crippen molar-refractivity contribution in [3.05, 3.63) is 34.2 Å². The van der Waals surface area contributed by atoms with E-state index in [2.05, 4.69) is 22.9 Å². The molecule has 1 saturated carbocycles. The summed E-state index contributed by atoms with van der Waals surface area (Å²) in [6.45, 7) is 4.02. The molecule has 0 bridgehead atoms. The maximum Gasteiger partial charge on any atom is 0.326 e. The molecule has 4 rings (SSSR count). The monoisotopic (exact) mass is 357 g/mol. The van der Waals surface area contributed by atoms with Crippen LogP contribution in [0.5, 0.6) is 0 Å². The van der Waals surface area contributed by atoms with Crippen molar-refractivity contribution in [2.75, 3.05) is 13.1 Å². The van der Waals surface area contributed by atoms with Crippen molar-refractivity contribution >= 4 is 17.0 Å². The first-order valence-electron chi connectivity index (χ1n) is 9.70. The molecule has 2 fully saturated rings. The molecule has 0 unspecified atom stereocenters. The molecular formula is C20H27N3O3. The Balaban J connectivity index is 1.43. The van der Waals surface area contributed by atoms with Gasteiger partial charge in [-0.05, 0) is 63.1 Å². The van der Waals surface area contributed by atoms with E-state index in [1.165, 1.54) is 0 Å². The number of likely N-dealkylation sites (tertiary alicyclic amines) is 1. The smallest absolute Gasteiger partial charge is 0.326 e. The third-order valence-corrected chi connectivity index (χ3v) is 6.30. The van der Waals surface area contributed by atoms with Gasteiger partial charge in [0.25, 0.3) is 0 Å². The number of benzene rings is 1. The Morgan fingerprint density at radius 2 is 1.77 bits per heavy atom. The number of carbonyl (C=O) groups is 1. The average Bonchev–Trinajstić information content (AvgIpc) is 2.97. The second kappa shape index (κ2) is 6.91. The number of nitrogens with zero attached hydrogens (tertiary/aromatic N) is 2. The summed E-state index contributed by atoms with van der Waals surface area (Å²) in [4.78, 5) is 29.1. The molecule has 2 aromatic rings. The van der Waals surface area contributed by atoms with Gasteiger partial charge in [-0.2, -0.15) is 0 Å². The van der Waals surface area contributed by atoms with Crippen LogP contribution >= 0.6 is 0 Å². The molecule has 2 heterocycles. The summed E-state index contributed by atoms with van der Waals surface area (Å²) in [5.74, 6) is -0.798. The fourth-order valence-corrected chi connectivity index (χ4v) is 4.79. The van der Waals surface area contributed by atoms with Crippen molar-refractivity contribution in [1.82, 2.24) is 14.5 Å². The first-order chi connectivity index (χ1) is 12.5. The number of fused-ring (bicyclic) bond motifs is 1. The summed E-state index contributed by atoms with van der Waals surface area (Å²) in [5.41, 5.74) is 3.08. The molecule has 0 amide bonds. The van der Waals surface area contributed by atoms with E-state index in [4.69, 9.17) is 5.11 Å². The van der Waals surface area contributed by atoms with Crippen molar-refractivity contribution in [3.63, 3.8) is 0 Å². The van der Waals surface area contributed by atoms with E-state index >= 15 is 0 Å². The molecule has 26 heavy (non-hydrogen) atoms. The molecule has 1 aromatic carbocycles. The third-order valence-electron chi connectivity index (χ3n) is 6.30. The molecule has 0 spiro atoms. The molecule has 0 atom stereocenters. The van der Waals surface area contributed by atoms with Gasteiger partial charge in [-0.3, -0.25) is 9.36 Å². The second-order valence-electron chi connectivity index (χ2n) is 7.93. The summed E-state index contributed by atoms with van der Waals surface area (Å²) in [5, 5.41) is 9.16. The van der Waals surface area contributed by atoms with Gasteiger partial charge in [0, 0.05) is 25.2 Å². The zero-order valence-electron chi connectivity index (χ0n) is 15.3. The van der Waals surface area contributed by atoms with Crippen LogP contribution in [-0.4, -0.2) is 44.7 Å². The second-order valence-corrected chi connectivity index (χ2v) is 7.93. The molecule has 0 radical (unpaired) electrons. The minimum absolute atomic E-state index is 0.00832. The maximum atomic E-state index is 12.5. The van der Waals surface area contributed by atoms with Crippen LogP contribution in [0, 0.1) is 12.8 Å². The number of hydrogen-bond donors (Lipinski definition) is 2. The minimum atomic E-state index is -0.642. The fourth-order valence-electron chi connectivity index (χ4n) is 4.79.